The number of amides is 1. The average Bonchev–Trinajstić information content (AvgIpc) is 3.24. The van der Waals surface area contributed by atoms with Gasteiger partial charge in [-0.2, -0.15) is 0 Å². The predicted molar refractivity (Wildman–Crippen MR) is 115 cm³/mol. The van der Waals surface area contributed by atoms with Crippen molar-refractivity contribution in [2.45, 2.75) is 13.0 Å². The maximum atomic E-state index is 12.9. The lowest BCUT2D eigenvalue weighted by Gasteiger charge is -2.22. The fourth-order valence-corrected chi connectivity index (χ4v) is 4.24. The van der Waals surface area contributed by atoms with Crippen LogP contribution in [0.2, 0.25) is 5.02 Å². The summed E-state index contributed by atoms with van der Waals surface area (Å²) in [7, 11) is 0. The first-order chi connectivity index (χ1) is 13.9. The number of anilines is 1. The number of hydrogen-bond donors (Lipinski definition) is 1. The van der Waals surface area contributed by atoms with E-state index in [-0.39, 0.29) is 11.3 Å². The fourth-order valence-electron chi connectivity index (χ4n) is 3.14. The molecule has 1 saturated heterocycles. The highest BCUT2D eigenvalue weighted by atomic mass is 79.9. The zero-order valence-corrected chi connectivity index (χ0v) is 18.1. The molecular formula is C20H13BrClN3O3S. The van der Waals surface area contributed by atoms with Crippen molar-refractivity contribution < 1.29 is 14.7 Å². The largest absolute Gasteiger partial charge is 0.507 e. The molecule has 0 aliphatic carbocycles. The van der Waals surface area contributed by atoms with Crippen molar-refractivity contribution in [3.05, 3.63) is 79.7 Å². The van der Waals surface area contributed by atoms with Gasteiger partial charge in [0.1, 0.15) is 10.8 Å². The normalized spacial score (nSPS) is 18.4. The maximum absolute atomic E-state index is 12.9. The molecule has 0 saturated carbocycles. The van der Waals surface area contributed by atoms with Gasteiger partial charge in [-0.25, -0.2) is 0 Å². The number of Topliss-reactive ketones (excluding diaryl/α,β-unsaturated/α-hetero) is 1. The lowest BCUT2D eigenvalue weighted by Crippen LogP contribution is -2.29. The molecule has 0 bridgehead atoms. The molecule has 1 unspecified atom stereocenters. The number of aromatic nitrogens is 2. The number of aryl methyl sites for hydroxylation is 1. The minimum atomic E-state index is -0.828. The molecule has 1 fully saturated rings. The van der Waals surface area contributed by atoms with E-state index < -0.39 is 17.7 Å². The van der Waals surface area contributed by atoms with Crippen molar-refractivity contribution in [1.82, 2.24) is 10.2 Å². The summed E-state index contributed by atoms with van der Waals surface area (Å²) in [6, 6.07) is 12.8. The Morgan fingerprint density at radius 3 is 2.34 bits per heavy atom. The first kappa shape index (κ1) is 19.8. The molecule has 1 aliphatic rings. The molecule has 6 nitrogen and oxygen atoms in total. The Balaban J connectivity index is 1.93. The molecule has 1 aliphatic heterocycles. The van der Waals surface area contributed by atoms with Gasteiger partial charge in [-0.05, 0) is 48.9 Å². The van der Waals surface area contributed by atoms with Gasteiger partial charge in [0.25, 0.3) is 5.78 Å². The van der Waals surface area contributed by atoms with Gasteiger partial charge in [0.05, 0.1) is 11.6 Å². The minimum absolute atomic E-state index is 0.00695. The number of halogens is 2. The van der Waals surface area contributed by atoms with E-state index in [1.54, 1.807) is 43.3 Å². The van der Waals surface area contributed by atoms with Crippen LogP contribution in [0.25, 0.3) is 5.76 Å². The van der Waals surface area contributed by atoms with E-state index in [9.17, 15) is 14.7 Å². The zero-order valence-electron chi connectivity index (χ0n) is 15.0. The number of ketones is 1. The SMILES string of the molecule is Cc1nnc(N2C(=O)C(=O)/C(=C(\O)c3ccc(Cl)cc3)C2c2ccc(Br)cc2)s1. The molecule has 1 atom stereocenters. The van der Waals surface area contributed by atoms with Crippen LogP contribution in [0.1, 0.15) is 22.2 Å². The Morgan fingerprint density at radius 2 is 1.76 bits per heavy atom. The second kappa shape index (κ2) is 7.70. The van der Waals surface area contributed by atoms with Crippen LogP contribution in [0.4, 0.5) is 5.13 Å². The number of nitrogens with zero attached hydrogens (tertiary/aromatic N) is 3. The third-order valence-electron chi connectivity index (χ3n) is 4.47. The molecule has 1 amide bonds. The molecule has 2 heterocycles. The number of carbonyl (C=O) groups excluding carboxylic acids is 2. The Hall–Kier alpha value is -2.55. The van der Waals surface area contributed by atoms with Crippen LogP contribution in [0.5, 0.6) is 0 Å². The lowest BCUT2D eigenvalue weighted by atomic mass is 9.95. The van der Waals surface area contributed by atoms with Crippen LogP contribution >= 0.6 is 38.9 Å². The molecule has 3 aromatic rings. The highest BCUT2D eigenvalue weighted by Gasteiger charge is 2.48. The topological polar surface area (TPSA) is 83.4 Å². The first-order valence-corrected chi connectivity index (χ1v) is 10.5. The Kier molecular flexibility index (Phi) is 5.24. The Bertz CT molecular complexity index is 1140. The van der Waals surface area contributed by atoms with Crippen molar-refractivity contribution in [3.8, 4) is 0 Å². The van der Waals surface area contributed by atoms with E-state index >= 15 is 0 Å². The van der Waals surface area contributed by atoms with Crippen LogP contribution in [-0.2, 0) is 9.59 Å². The second-order valence-corrected chi connectivity index (χ2v) is 8.84. The third kappa shape index (κ3) is 3.59. The number of aliphatic hydroxyl groups excluding tert-OH is 1. The fraction of sp³-hybridized carbons (Fsp3) is 0.100. The van der Waals surface area contributed by atoms with Gasteiger partial charge in [0.2, 0.25) is 5.13 Å². The number of rotatable bonds is 3. The molecule has 1 aromatic heterocycles. The third-order valence-corrected chi connectivity index (χ3v) is 6.09. The van der Waals surface area contributed by atoms with Gasteiger partial charge in [-0.1, -0.05) is 51.0 Å². The van der Waals surface area contributed by atoms with Crippen molar-refractivity contribution in [3.63, 3.8) is 0 Å². The quantitative estimate of drug-likeness (QED) is 0.321. The summed E-state index contributed by atoms with van der Waals surface area (Å²) in [5.74, 6) is -1.81. The zero-order chi connectivity index (χ0) is 20.7. The first-order valence-electron chi connectivity index (χ1n) is 8.49. The average molecular weight is 491 g/mol. The maximum Gasteiger partial charge on any atom is 0.301 e. The smallest absolute Gasteiger partial charge is 0.301 e. The van der Waals surface area contributed by atoms with Gasteiger partial charge in [0.15, 0.2) is 0 Å². The molecule has 1 N–H and O–H groups in total. The van der Waals surface area contributed by atoms with Gasteiger partial charge >= 0.3 is 5.91 Å². The highest BCUT2D eigenvalue weighted by Crippen LogP contribution is 2.43. The number of benzene rings is 2. The number of hydrogen-bond acceptors (Lipinski definition) is 6. The standard InChI is InChI=1S/C20H13BrClN3O3S/c1-10-23-24-20(29-10)25-16(11-2-6-13(21)7-3-11)15(18(27)19(25)28)17(26)12-4-8-14(22)9-5-12/h2-9,16,26H,1H3/b17-15-. The molecular weight excluding hydrogens is 478 g/mol. The monoisotopic (exact) mass is 489 g/mol. The van der Waals surface area contributed by atoms with Gasteiger partial charge < -0.3 is 5.11 Å². The van der Waals surface area contributed by atoms with E-state index in [4.69, 9.17) is 11.6 Å². The van der Waals surface area contributed by atoms with Crippen LogP contribution in [0.3, 0.4) is 0 Å². The Labute approximate surface area is 183 Å². The molecule has 29 heavy (non-hydrogen) atoms. The van der Waals surface area contributed by atoms with Gasteiger partial charge in [-0.3, -0.25) is 14.5 Å². The van der Waals surface area contributed by atoms with Crippen LogP contribution in [0.15, 0.2) is 58.6 Å². The van der Waals surface area contributed by atoms with E-state index in [1.165, 1.54) is 16.2 Å². The lowest BCUT2D eigenvalue weighted by molar-refractivity contribution is -0.132. The molecule has 146 valence electrons. The van der Waals surface area contributed by atoms with E-state index in [0.29, 0.717) is 26.3 Å². The summed E-state index contributed by atoms with van der Waals surface area (Å²) in [5, 5.41) is 20.4. The number of aliphatic hydroxyl groups is 1. The molecule has 4 rings (SSSR count). The Morgan fingerprint density at radius 1 is 1.10 bits per heavy atom. The van der Waals surface area contributed by atoms with Crippen LogP contribution in [0, 0.1) is 6.92 Å². The van der Waals surface area contributed by atoms with Gasteiger partial charge in [-0.15, -0.1) is 10.2 Å². The number of carbonyl (C=O) groups is 2. The predicted octanol–water partition coefficient (Wildman–Crippen LogP) is 4.89. The van der Waals surface area contributed by atoms with E-state index in [2.05, 4.69) is 26.1 Å². The van der Waals surface area contributed by atoms with Crippen LogP contribution < -0.4 is 4.90 Å². The van der Waals surface area contributed by atoms with Crippen molar-refractivity contribution in [1.29, 1.82) is 0 Å². The van der Waals surface area contributed by atoms with Crippen LogP contribution in [-0.4, -0.2) is 27.0 Å². The second-order valence-electron chi connectivity index (χ2n) is 6.33. The van der Waals surface area contributed by atoms with E-state index in [1.807, 2.05) is 12.1 Å². The summed E-state index contributed by atoms with van der Waals surface area (Å²) in [6.07, 6.45) is 0. The summed E-state index contributed by atoms with van der Waals surface area (Å²) < 4.78 is 0.850. The van der Waals surface area contributed by atoms with Crippen molar-refractivity contribution in [2.75, 3.05) is 4.90 Å². The van der Waals surface area contributed by atoms with Crippen molar-refractivity contribution in [2.24, 2.45) is 0 Å². The summed E-state index contributed by atoms with van der Waals surface area (Å²) in [6.45, 7) is 1.76. The highest BCUT2D eigenvalue weighted by molar-refractivity contribution is 9.10. The molecule has 2 aromatic carbocycles. The molecule has 0 radical (unpaired) electrons. The van der Waals surface area contributed by atoms with Crippen molar-refractivity contribution >= 4 is 61.4 Å². The minimum Gasteiger partial charge on any atom is -0.507 e. The van der Waals surface area contributed by atoms with E-state index in [0.717, 1.165) is 4.47 Å². The summed E-state index contributed by atoms with van der Waals surface area (Å²) in [5.41, 5.74) is 1.05. The molecule has 0 spiro atoms. The molecule has 9 heteroatoms. The summed E-state index contributed by atoms with van der Waals surface area (Å²) in [4.78, 5) is 27.1. The van der Waals surface area contributed by atoms with Gasteiger partial charge in [0, 0.05) is 15.1 Å². The summed E-state index contributed by atoms with van der Waals surface area (Å²) >= 11 is 10.5.